The quantitative estimate of drug-likeness (QED) is 0.731. The molecule has 9 heteroatoms. The largest absolute Gasteiger partial charge is 0.480 e. The number of carboxylic acid groups (broad SMARTS) is 1. The zero-order chi connectivity index (χ0) is 20.9. The number of benzene rings is 1. The summed E-state index contributed by atoms with van der Waals surface area (Å²) < 4.78 is 10.6. The van der Waals surface area contributed by atoms with Gasteiger partial charge in [0.05, 0.1) is 0 Å². The van der Waals surface area contributed by atoms with Crippen molar-refractivity contribution in [3.05, 3.63) is 35.9 Å². The van der Waals surface area contributed by atoms with E-state index in [-0.39, 0.29) is 19.6 Å². The van der Waals surface area contributed by atoms with Crippen LogP contribution in [-0.4, -0.2) is 61.8 Å². The van der Waals surface area contributed by atoms with Crippen molar-refractivity contribution in [3.8, 4) is 0 Å². The van der Waals surface area contributed by atoms with E-state index in [0.29, 0.717) is 16.7 Å². The highest BCUT2D eigenvalue weighted by atomic mass is 28.1. The summed E-state index contributed by atoms with van der Waals surface area (Å²) in [5.41, 5.74) is 0.123. The van der Waals surface area contributed by atoms with Gasteiger partial charge in [0, 0.05) is 21.9 Å². The fraction of sp³-hybridized carbons (Fsp3) is 0.526. The lowest BCUT2D eigenvalue weighted by atomic mass is 9.98. The first kappa shape index (κ1) is 21.7. The number of carbonyl (C=O) groups is 3. The SMILES string of the molecule is CC(C)(C)OC(=O)N1C[C@]([SiH3])(NC(=O)OCc2ccccc2)CC[C@@H]1C(=O)O. The number of carboxylic acids is 1. The summed E-state index contributed by atoms with van der Waals surface area (Å²) in [6.45, 7) is 5.37. The van der Waals surface area contributed by atoms with Crippen molar-refractivity contribution in [1.29, 1.82) is 0 Å². The fourth-order valence-electron chi connectivity index (χ4n) is 3.05. The molecule has 154 valence electrons. The van der Waals surface area contributed by atoms with Crippen LogP contribution < -0.4 is 5.32 Å². The molecule has 8 nitrogen and oxygen atoms in total. The van der Waals surface area contributed by atoms with E-state index >= 15 is 0 Å². The van der Waals surface area contributed by atoms with Crippen LogP contribution in [0.25, 0.3) is 0 Å². The molecule has 28 heavy (non-hydrogen) atoms. The predicted octanol–water partition coefficient (Wildman–Crippen LogP) is 1.46. The summed E-state index contributed by atoms with van der Waals surface area (Å²) in [5, 5.41) is 11.6. The minimum Gasteiger partial charge on any atom is -0.480 e. The minimum absolute atomic E-state index is 0.0749. The van der Waals surface area contributed by atoms with E-state index < -0.39 is 35.0 Å². The normalized spacial score (nSPS) is 22.4. The second kappa shape index (κ2) is 8.64. The predicted molar refractivity (Wildman–Crippen MR) is 106 cm³/mol. The number of rotatable bonds is 4. The molecule has 1 aromatic rings. The molecule has 1 aromatic carbocycles. The van der Waals surface area contributed by atoms with Gasteiger partial charge in [-0.1, -0.05) is 30.3 Å². The third kappa shape index (κ3) is 6.26. The van der Waals surface area contributed by atoms with E-state index in [4.69, 9.17) is 9.47 Å². The van der Waals surface area contributed by atoms with E-state index in [1.807, 2.05) is 30.3 Å². The molecule has 1 aliphatic rings. The van der Waals surface area contributed by atoms with E-state index in [1.165, 1.54) is 4.90 Å². The number of amides is 2. The maximum absolute atomic E-state index is 12.5. The summed E-state index contributed by atoms with van der Waals surface area (Å²) in [6, 6.07) is 8.33. The first-order chi connectivity index (χ1) is 13.0. The van der Waals surface area contributed by atoms with Crippen LogP contribution in [0.2, 0.25) is 0 Å². The number of hydrogen-bond donors (Lipinski definition) is 2. The Hall–Kier alpha value is -2.55. The summed E-state index contributed by atoms with van der Waals surface area (Å²) in [4.78, 5) is 37.5. The molecule has 1 fully saturated rings. The van der Waals surface area contributed by atoms with E-state index in [0.717, 1.165) is 5.56 Å². The van der Waals surface area contributed by atoms with Gasteiger partial charge in [0.15, 0.2) is 0 Å². The van der Waals surface area contributed by atoms with Crippen molar-refractivity contribution >= 4 is 28.4 Å². The average Bonchev–Trinajstić information content (AvgIpc) is 2.58. The zero-order valence-corrected chi connectivity index (χ0v) is 18.7. The lowest BCUT2D eigenvalue weighted by Gasteiger charge is -2.43. The van der Waals surface area contributed by atoms with Crippen molar-refractivity contribution < 1.29 is 29.0 Å². The number of alkyl carbamates (subject to hydrolysis) is 1. The topological polar surface area (TPSA) is 105 Å². The third-order valence-electron chi connectivity index (χ3n) is 4.39. The van der Waals surface area contributed by atoms with Crippen LogP contribution in [0.3, 0.4) is 0 Å². The maximum Gasteiger partial charge on any atom is 0.411 e. The lowest BCUT2D eigenvalue weighted by molar-refractivity contribution is -0.144. The zero-order valence-electron chi connectivity index (χ0n) is 16.7. The maximum atomic E-state index is 12.5. The van der Waals surface area contributed by atoms with E-state index in [2.05, 4.69) is 5.32 Å². The van der Waals surface area contributed by atoms with Crippen molar-refractivity contribution in [2.24, 2.45) is 0 Å². The van der Waals surface area contributed by atoms with Crippen molar-refractivity contribution in [2.75, 3.05) is 6.54 Å². The molecule has 1 heterocycles. The molecule has 1 saturated heterocycles. The summed E-state index contributed by atoms with van der Waals surface area (Å²) in [5.74, 6) is -1.08. The smallest absolute Gasteiger partial charge is 0.411 e. The summed E-state index contributed by atoms with van der Waals surface area (Å²) >= 11 is 0. The average molecular weight is 409 g/mol. The molecule has 2 rings (SSSR count). The monoisotopic (exact) mass is 408 g/mol. The van der Waals surface area contributed by atoms with Gasteiger partial charge in [-0.25, -0.2) is 14.4 Å². The first-order valence-corrected chi connectivity index (χ1v) is 10.2. The molecular formula is C19H28N2O6Si. The van der Waals surface area contributed by atoms with Gasteiger partial charge in [0.2, 0.25) is 0 Å². The Balaban J connectivity index is 2.02. The van der Waals surface area contributed by atoms with Crippen LogP contribution in [0.5, 0.6) is 0 Å². The minimum atomic E-state index is -1.08. The van der Waals surface area contributed by atoms with Crippen molar-refractivity contribution in [3.63, 3.8) is 0 Å². The standard InChI is InChI=1S/C19H28N2O6Si/c1-18(2,3)27-17(25)21-12-19(28,10-9-14(21)15(22)23)20-16(24)26-11-13-7-5-4-6-8-13/h4-8,14H,9-12H2,1-3,28H3,(H,20,24)(H,22,23)/t14-,19+/m1/s1. The highest BCUT2D eigenvalue weighted by molar-refractivity contribution is 6.17. The van der Waals surface area contributed by atoms with Crippen molar-refractivity contribution in [2.45, 2.75) is 57.0 Å². The molecule has 0 radical (unpaired) electrons. The highest BCUT2D eigenvalue weighted by Crippen LogP contribution is 2.26. The van der Waals surface area contributed by atoms with Crippen molar-refractivity contribution in [1.82, 2.24) is 10.2 Å². The molecule has 0 spiro atoms. The van der Waals surface area contributed by atoms with Crippen LogP contribution in [0.1, 0.15) is 39.2 Å². The van der Waals surface area contributed by atoms with Gasteiger partial charge < -0.3 is 19.9 Å². The van der Waals surface area contributed by atoms with Crippen LogP contribution in [-0.2, 0) is 20.9 Å². The Labute approximate surface area is 167 Å². The fourth-order valence-corrected chi connectivity index (χ4v) is 3.89. The van der Waals surface area contributed by atoms with Gasteiger partial charge in [-0.15, -0.1) is 0 Å². The molecule has 2 N–H and O–H groups in total. The van der Waals surface area contributed by atoms with Gasteiger partial charge in [-0.3, -0.25) is 4.90 Å². The van der Waals surface area contributed by atoms with Gasteiger partial charge in [0.25, 0.3) is 0 Å². The number of hydrogen-bond acceptors (Lipinski definition) is 5. The third-order valence-corrected chi connectivity index (χ3v) is 5.46. The summed E-state index contributed by atoms with van der Waals surface area (Å²) in [6.07, 6.45) is -0.594. The lowest BCUT2D eigenvalue weighted by Crippen LogP contribution is -2.64. The number of nitrogens with zero attached hydrogens (tertiary/aromatic N) is 1. The highest BCUT2D eigenvalue weighted by Gasteiger charge is 2.44. The molecule has 0 aromatic heterocycles. The van der Waals surface area contributed by atoms with Crippen LogP contribution in [0.15, 0.2) is 30.3 Å². The Kier molecular flexibility index (Phi) is 6.71. The van der Waals surface area contributed by atoms with Gasteiger partial charge in [-0.2, -0.15) is 0 Å². The number of likely N-dealkylation sites (tertiary alicyclic amines) is 1. The number of aliphatic carboxylic acids is 1. The molecule has 0 unspecified atom stereocenters. The number of nitrogens with one attached hydrogen (secondary N) is 1. The van der Waals surface area contributed by atoms with Gasteiger partial charge in [0.1, 0.15) is 18.2 Å². The van der Waals surface area contributed by atoms with Gasteiger partial charge in [-0.05, 0) is 39.2 Å². The second-order valence-electron chi connectivity index (χ2n) is 8.25. The van der Waals surface area contributed by atoms with E-state index in [1.54, 1.807) is 20.8 Å². The molecule has 0 aliphatic carbocycles. The second-order valence-corrected chi connectivity index (χ2v) is 10.2. The molecule has 2 amide bonds. The Morgan fingerprint density at radius 3 is 2.50 bits per heavy atom. The van der Waals surface area contributed by atoms with Gasteiger partial charge >= 0.3 is 18.2 Å². The molecule has 2 atom stereocenters. The number of piperidine rings is 1. The molecule has 1 aliphatic heterocycles. The number of ether oxygens (including phenoxy) is 2. The summed E-state index contributed by atoms with van der Waals surface area (Å²) in [7, 11) is 0.514. The van der Waals surface area contributed by atoms with Crippen LogP contribution in [0.4, 0.5) is 9.59 Å². The van der Waals surface area contributed by atoms with Crippen LogP contribution in [0, 0.1) is 0 Å². The van der Waals surface area contributed by atoms with Crippen LogP contribution >= 0.6 is 0 Å². The number of carbonyl (C=O) groups excluding carboxylic acids is 2. The first-order valence-electron chi connectivity index (χ1n) is 9.20. The Bertz CT molecular complexity index is 721. The molecular weight excluding hydrogens is 380 g/mol. The Morgan fingerprint density at radius 1 is 1.29 bits per heavy atom. The van der Waals surface area contributed by atoms with E-state index in [9.17, 15) is 19.5 Å². The molecule has 0 saturated carbocycles. The Morgan fingerprint density at radius 2 is 1.93 bits per heavy atom. The molecule has 0 bridgehead atoms.